The Kier molecular flexibility index (Phi) is 5.60. The van der Waals surface area contributed by atoms with E-state index in [1.807, 2.05) is 0 Å². The molecule has 0 saturated heterocycles. The van der Waals surface area contributed by atoms with Crippen LogP contribution < -0.4 is 10.5 Å². The minimum Gasteiger partial charge on any atom is -0.493 e. The number of alkyl halides is 3. The van der Waals surface area contributed by atoms with Crippen LogP contribution in [0.2, 0.25) is 0 Å². The molecule has 1 aromatic rings. The predicted octanol–water partition coefficient (Wildman–Crippen LogP) is 3.06. The molecule has 21 heavy (non-hydrogen) atoms. The summed E-state index contributed by atoms with van der Waals surface area (Å²) in [4.78, 5) is 10.8. The third kappa shape index (κ3) is 5.26. The molecule has 1 rings (SSSR count). The Balaban J connectivity index is 2.46. The number of hydrogen-bond donors (Lipinski definition) is 2. The van der Waals surface area contributed by atoms with Crippen LogP contribution in [0.1, 0.15) is 31.7 Å². The highest BCUT2D eigenvalue weighted by molar-refractivity contribution is 5.77. The first-order valence-electron chi connectivity index (χ1n) is 6.46. The number of hydrogen-bond acceptors (Lipinski definition) is 3. The fourth-order valence-corrected chi connectivity index (χ4v) is 1.71. The van der Waals surface area contributed by atoms with Crippen molar-refractivity contribution in [2.75, 3.05) is 6.61 Å². The van der Waals surface area contributed by atoms with Gasteiger partial charge < -0.3 is 15.6 Å². The topological polar surface area (TPSA) is 72.5 Å². The summed E-state index contributed by atoms with van der Waals surface area (Å²) in [5.41, 5.74) is 3.40. The molecule has 118 valence electrons. The summed E-state index contributed by atoms with van der Waals surface area (Å²) in [5, 5.41) is 8.82. The fourth-order valence-electron chi connectivity index (χ4n) is 1.71. The molecule has 0 aliphatic heterocycles. The number of ether oxygens (including phenoxy) is 1. The Morgan fingerprint density at radius 2 is 1.90 bits per heavy atom. The molecule has 1 unspecified atom stereocenters. The first kappa shape index (κ1) is 17.3. The molecule has 1 aromatic carbocycles. The lowest BCUT2D eigenvalue weighted by atomic mass is 9.97. The zero-order valence-electron chi connectivity index (χ0n) is 11.6. The van der Waals surface area contributed by atoms with Crippen LogP contribution in [0.15, 0.2) is 24.3 Å². The highest BCUT2D eigenvalue weighted by Crippen LogP contribution is 2.35. The van der Waals surface area contributed by atoms with Gasteiger partial charge in [0.25, 0.3) is 0 Å². The predicted molar refractivity (Wildman–Crippen MR) is 71.0 cm³/mol. The number of carbonyl (C=O) groups is 1. The lowest BCUT2D eigenvalue weighted by molar-refractivity contribution is -0.143. The van der Waals surface area contributed by atoms with E-state index in [0.29, 0.717) is 12.8 Å². The lowest BCUT2D eigenvalue weighted by Gasteiger charge is -2.19. The number of benzene rings is 1. The highest BCUT2D eigenvalue weighted by atomic mass is 19.4. The van der Waals surface area contributed by atoms with Gasteiger partial charge in [-0.1, -0.05) is 12.1 Å². The smallest absolute Gasteiger partial charge is 0.419 e. The number of aliphatic carboxylic acids is 1. The van der Waals surface area contributed by atoms with Crippen LogP contribution in [0.3, 0.4) is 0 Å². The Hall–Kier alpha value is -1.76. The van der Waals surface area contributed by atoms with Crippen molar-refractivity contribution in [2.45, 2.75) is 37.9 Å². The molecule has 4 nitrogen and oxygen atoms in total. The van der Waals surface area contributed by atoms with Gasteiger partial charge in [0.15, 0.2) is 0 Å². The quantitative estimate of drug-likeness (QED) is 0.759. The van der Waals surface area contributed by atoms with Crippen molar-refractivity contribution in [3.63, 3.8) is 0 Å². The highest BCUT2D eigenvalue weighted by Gasteiger charge is 2.34. The second-order valence-corrected chi connectivity index (χ2v) is 5.02. The number of rotatable bonds is 7. The van der Waals surface area contributed by atoms with E-state index in [-0.39, 0.29) is 18.8 Å². The molecular weight excluding hydrogens is 287 g/mol. The average molecular weight is 305 g/mol. The van der Waals surface area contributed by atoms with Gasteiger partial charge in [0.2, 0.25) is 0 Å². The minimum absolute atomic E-state index is 0.0722. The maximum atomic E-state index is 12.7. The Bertz CT molecular complexity index is 487. The van der Waals surface area contributed by atoms with Crippen molar-refractivity contribution in [1.29, 1.82) is 0 Å². The summed E-state index contributed by atoms with van der Waals surface area (Å²) in [7, 11) is 0. The van der Waals surface area contributed by atoms with Crippen molar-refractivity contribution in [3.8, 4) is 5.75 Å². The van der Waals surface area contributed by atoms with Crippen molar-refractivity contribution >= 4 is 5.97 Å². The molecule has 0 aromatic heterocycles. The van der Waals surface area contributed by atoms with Crippen molar-refractivity contribution < 1.29 is 27.8 Å². The molecule has 0 bridgehead atoms. The third-order valence-corrected chi connectivity index (χ3v) is 3.03. The molecule has 0 aliphatic carbocycles. The van der Waals surface area contributed by atoms with Gasteiger partial charge in [-0.05, 0) is 38.3 Å². The summed E-state index contributed by atoms with van der Waals surface area (Å²) < 4.78 is 43.3. The van der Waals surface area contributed by atoms with Crippen LogP contribution in [0.5, 0.6) is 5.75 Å². The van der Waals surface area contributed by atoms with Gasteiger partial charge in [0, 0.05) is 0 Å². The summed E-state index contributed by atoms with van der Waals surface area (Å²) in [6, 6.07) is 4.97. The van der Waals surface area contributed by atoms with Gasteiger partial charge in [0.1, 0.15) is 11.3 Å². The molecule has 0 spiro atoms. The zero-order valence-corrected chi connectivity index (χ0v) is 11.6. The maximum absolute atomic E-state index is 12.7. The largest absolute Gasteiger partial charge is 0.493 e. The van der Waals surface area contributed by atoms with Gasteiger partial charge in [-0.3, -0.25) is 4.79 Å². The molecule has 0 amide bonds. The van der Waals surface area contributed by atoms with Crippen LogP contribution >= 0.6 is 0 Å². The molecule has 0 heterocycles. The van der Waals surface area contributed by atoms with E-state index < -0.39 is 23.2 Å². The molecule has 3 N–H and O–H groups in total. The Morgan fingerprint density at radius 3 is 2.48 bits per heavy atom. The van der Waals surface area contributed by atoms with Gasteiger partial charge in [-0.25, -0.2) is 0 Å². The number of unbranched alkanes of at least 4 members (excludes halogenated alkanes) is 1. The number of halogens is 3. The molecule has 0 saturated carbocycles. The number of para-hydroxylation sites is 1. The number of carboxylic acids is 1. The van der Waals surface area contributed by atoms with Gasteiger partial charge in [-0.2, -0.15) is 13.2 Å². The summed E-state index contributed by atoms with van der Waals surface area (Å²) in [5.74, 6) is -1.33. The number of carboxylic acid groups (broad SMARTS) is 1. The second kappa shape index (κ2) is 6.80. The van der Waals surface area contributed by atoms with Crippen molar-refractivity contribution in [2.24, 2.45) is 5.73 Å². The van der Waals surface area contributed by atoms with Gasteiger partial charge in [0.05, 0.1) is 12.2 Å². The molecule has 0 fully saturated rings. The fraction of sp³-hybridized carbons (Fsp3) is 0.500. The van der Waals surface area contributed by atoms with E-state index in [4.69, 9.17) is 15.6 Å². The summed E-state index contributed by atoms with van der Waals surface area (Å²) >= 11 is 0. The Labute approximate surface area is 120 Å². The first-order valence-corrected chi connectivity index (χ1v) is 6.46. The normalized spacial score (nSPS) is 14.5. The first-order chi connectivity index (χ1) is 9.64. The van der Waals surface area contributed by atoms with Gasteiger partial charge >= 0.3 is 12.1 Å². The van der Waals surface area contributed by atoms with E-state index in [1.165, 1.54) is 25.1 Å². The maximum Gasteiger partial charge on any atom is 0.419 e. The van der Waals surface area contributed by atoms with Crippen LogP contribution in [0, 0.1) is 0 Å². The van der Waals surface area contributed by atoms with Crippen LogP contribution in [-0.2, 0) is 11.0 Å². The SMILES string of the molecule is CC(N)(CCCCOc1ccccc1C(F)(F)F)C(=O)O. The van der Waals surface area contributed by atoms with E-state index in [1.54, 1.807) is 0 Å². The zero-order chi connectivity index (χ0) is 16.1. The molecule has 0 aliphatic rings. The van der Waals surface area contributed by atoms with E-state index in [9.17, 15) is 18.0 Å². The van der Waals surface area contributed by atoms with E-state index in [2.05, 4.69) is 0 Å². The monoisotopic (exact) mass is 305 g/mol. The summed E-state index contributed by atoms with van der Waals surface area (Å²) in [6.45, 7) is 1.47. The average Bonchev–Trinajstić information content (AvgIpc) is 2.37. The van der Waals surface area contributed by atoms with Gasteiger partial charge in [-0.15, -0.1) is 0 Å². The van der Waals surface area contributed by atoms with Crippen molar-refractivity contribution in [1.82, 2.24) is 0 Å². The standard InChI is InChI=1S/C14H18F3NO3/c1-13(18,12(19)20)8-4-5-9-21-11-7-3-2-6-10(11)14(15,16)17/h2-3,6-7H,4-5,8-9,18H2,1H3,(H,19,20). The van der Waals surface area contributed by atoms with Crippen LogP contribution in [-0.4, -0.2) is 23.2 Å². The molecule has 7 heteroatoms. The molecular formula is C14H18F3NO3. The number of nitrogens with two attached hydrogens (primary N) is 1. The van der Waals surface area contributed by atoms with Crippen molar-refractivity contribution in [3.05, 3.63) is 29.8 Å². The lowest BCUT2D eigenvalue weighted by Crippen LogP contribution is -2.44. The van der Waals surface area contributed by atoms with Crippen LogP contribution in [0.4, 0.5) is 13.2 Å². The van der Waals surface area contributed by atoms with Crippen LogP contribution in [0.25, 0.3) is 0 Å². The molecule has 1 atom stereocenters. The second-order valence-electron chi connectivity index (χ2n) is 5.02. The summed E-state index contributed by atoms with van der Waals surface area (Å²) in [6.07, 6.45) is -3.36. The third-order valence-electron chi connectivity index (χ3n) is 3.03. The molecule has 0 radical (unpaired) electrons. The Morgan fingerprint density at radius 1 is 1.29 bits per heavy atom. The minimum atomic E-state index is -4.46. The van der Waals surface area contributed by atoms with E-state index in [0.717, 1.165) is 6.07 Å². The van der Waals surface area contributed by atoms with E-state index >= 15 is 0 Å².